The minimum absolute atomic E-state index is 0.296. The van der Waals surface area contributed by atoms with Crippen LogP contribution in [0.15, 0.2) is 53.0 Å². The number of halogens is 4. The summed E-state index contributed by atoms with van der Waals surface area (Å²) in [5.41, 5.74) is -1.42. The third-order valence-corrected chi connectivity index (χ3v) is 3.48. The highest BCUT2D eigenvalue weighted by molar-refractivity contribution is 9.10. The van der Waals surface area contributed by atoms with Crippen LogP contribution in [0.1, 0.15) is 26.3 Å². The van der Waals surface area contributed by atoms with E-state index in [1.54, 1.807) is 12.1 Å². The predicted molar refractivity (Wildman–Crippen MR) is 80.2 cm³/mol. The molecule has 0 bridgehead atoms. The molecular formula is C16H10BrF3O3. The Morgan fingerprint density at radius 1 is 1.00 bits per heavy atom. The van der Waals surface area contributed by atoms with Crippen molar-refractivity contribution in [2.75, 3.05) is 6.61 Å². The monoisotopic (exact) mass is 386 g/mol. The molecule has 0 unspecified atom stereocenters. The van der Waals surface area contributed by atoms with E-state index in [-0.39, 0.29) is 0 Å². The van der Waals surface area contributed by atoms with Crippen molar-refractivity contribution in [3.05, 3.63) is 69.7 Å². The lowest BCUT2D eigenvalue weighted by molar-refractivity contribution is -0.138. The Kier molecular flexibility index (Phi) is 5.20. The summed E-state index contributed by atoms with van der Waals surface area (Å²) in [5.74, 6) is -1.70. The van der Waals surface area contributed by atoms with Gasteiger partial charge in [-0.05, 0) is 24.3 Å². The molecule has 3 nitrogen and oxygen atoms in total. The highest BCUT2D eigenvalue weighted by atomic mass is 79.9. The number of esters is 1. The van der Waals surface area contributed by atoms with E-state index < -0.39 is 35.7 Å². The maximum atomic E-state index is 12.8. The van der Waals surface area contributed by atoms with Gasteiger partial charge in [0.25, 0.3) is 0 Å². The number of carbonyl (C=O) groups is 2. The molecule has 0 aromatic heterocycles. The van der Waals surface area contributed by atoms with Crippen LogP contribution >= 0.6 is 15.9 Å². The molecule has 0 amide bonds. The summed E-state index contributed by atoms with van der Waals surface area (Å²) in [6.45, 7) is -0.632. The molecule has 0 saturated carbocycles. The smallest absolute Gasteiger partial charge is 0.417 e. The van der Waals surface area contributed by atoms with Gasteiger partial charge in [0.15, 0.2) is 12.4 Å². The van der Waals surface area contributed by atoms with Crippen molar-refractivity contribution in [2.24, 2.45) is 0 Å². The van der Waals surface area contributed by atoms with E-state index in [4.69, 9.17) is 4.74 Å². The molecule has 23 heavy (non-hydrogen) atoms. The number of alkyl halides is 3. The zero-order chi connectivity index (χ0) is 17.0. The summed E-state index contributed by atoms with van der Waals surface area (Å²) in [6, 6.07) is 10.6. The Labute approximate surface area is 138 Å². The summed E-state index contributed by atoms with van der Waals surface area (Å²) >= 11 is 3.21. The highest BCUT2D eigenvalue weighted by Gasteiger charge is 2.35. The largest absolute Gasteiger partial charge is 0.454 e. The number of hydrogen-bond donors (Lipinski definition) is 0. The number of rotatable bonds is 4. The molecule has 2 aromatic rings. The number of benzene rings is 2. The van der Waals surface area contributed by atoms with Gasteiger partial charge < -0.3 is 4.74 Å². The maximum absolute atomic E-state index is 12.8. The van der Waals surface area contributed by atoms with Crippen molar-refractivity contribution in [1.29, 1.82) is 0 Å². The van der Waals surface area contributed by atoms with Crippen molar-refractivity contribution in [3.63, 3.8) is 0 Å². The Balaban J connectivity index is 2.09. The van der Waals surface area contributed by atoms with Gasteiger partial charge in [-0.15, -0.1) is 0 Å². The lowest BCUT2D eigenvalue weighted by atomic mass is 10.1. The van der Waals surface area contributed by atoms with Gasteiger partial charge in [-0.25, -0.2) is 4.79 Å². The van der Waals surface area contributed by atoms with E-state index in [0.29, 0.717) is 5.56 Å². The SMILES string of the molecule is O=C(COC(=O)c1ccccc1C(F)(F)F)c1ccc(Br)cc1. The average Bonchev–Trinajstić information content (AvgIpc) is 2.52. The van der Waals surface area contributed by atoms with Crippen LogP contribution in [-0.2, 0) is 10.9 Å². The molecule has 0 aliphatic carbocycles. The fourth-order valence-corrected chi connectivity index (χ4v) is 2.10. The molecule has 2 aromatic carbocycles. The lowest BCUT2D eigenvalue weighted by Gasteiger charge is -2.11. The van der Waals surface area contributed by atoms with Crippen LogP contribution in [0.2, 0.25) is 0 Å². The third-order valence-electron chi connectivity index (χ3n) is 2.95. The van der Waals surface area contributed by atoms with Gasteiger partial charge in [-0.3, -0.25) is 4.79 Å². The van der Waals surface area contributed by atoms with Crippen LogP contribution in [0, 0.1) is 0 Å². The zero-order valence-electron chi connectivity index (χ0n) is 11.6. The lowest BCUT2D eigenvalue weighted by Crippen LogP contribution is -2.18. The number of ether oxygens (including phenoxy) is 1. The molecule has 0 heterocycles. The first-order chi connectivity index (χ1) is 10.8. The van der Waals surface area contributed by atoms with E-state index in [9.17, 15) is 22.8 Å². The van der Waals surface area contributed by atoms with Gasteiger partial charge in [0.1, 0.15) is 0 Å². The van der Waals surface area contributed by atoms with Gasteiger partial charge in [0.05, 0.1) is 11.1 Å². The van der Waals surface area contributed by atoms with Crippen LogP contribution in [0.4, 0.5) is 13.2 Å². The fourth-order valence-electron chi connectivity index (χ4n) is 1.84. The van der Waals surface area contributed by atoms with Crippen LogP contribution < -0.4 is 0 Å². The van der Waals surface area contributed by atoms with Crippen molar-refractivity contribution < 1.29 is 27.5 Å². The van der Waals surface area contributed by atoms with Crippen LogP contribution in [0.3, 0.4) is 0 Å². The summed E-state index contributed by atoms with van der Waals surface area (Å²) in [7, 11) is 0. The average molecular weight is 387 g/mol. The molecule has 0 fully saturated rings. The first kappa shape index (κ1) is 17.2. The number of carbonyl (C=O) groups excluding carboxylic acids is 2. The topological polar surface area (TPSA) is 43.4 Å². The summed E-state index contributed by atoms with van der Waals surface area (Å²) in [6.07, 6.45) is -4.68. The number of hydrogen-bond acceptors (Lipinski definition) is 3. The quantitative estimate of drug-likeness (QED) is 0.573. The summed E-state index contributed by atoms with van der Waals surface area (Å²) in [5, 5.41) is 0. The van der Waals surface area contributed by atoms with Crippen molar-refractivity contribution in [2.45, 2.75) is 6.18 Å². The fraction of sp³-hybridized carbons (Fsp3) is 0.125. The minimum Gasteiger partial charge on any atom is -0.454 e. The Morgan fingerprint density at radius 3 is 2.22 bits per heavy atom. The van der Waals surface area contributed by atoms with E-state index in [1.807, 2.05) is 0 Å². The molecule has 0 aliphatic rings. The van der Waals surface area contributed by atoms with E-state index in [0.717, 1.165) is 16.6 Å². The molecule has 2 rings (SSSR count). The van der Waals surface area contributed by atoms with Gasteiger partial charge in [-0.2, -0.15) is 13.2 Å². The van der Waals surface area contributed by atoms with E-state index in [1.165, 1.54) is 24.3 Å². The van der Waals surface area contributed by atoms with E-state index >= 15 is 0 Å². The molecule has 0 saturated heterocycles. The molecule has 0 atom stereocenters. The molecule has 7 heteroatoms. The second kappa shape index (κ2) is 6.95. The number of Topliss-reactive ketones (excluding diaryl/α,β-unsaturated/α-hetero) is 1. The second-order valence-electron chi connectivity index (χ2n) is 4.55. The second-order valence-corrected chi connectivity index (χ2v) is 5.47. The first-order valence-corrected chi connectivity index (χ1v) is 7.20. The van der Waals surface area contributed by atoms with Crippen LogP contribution in [-0.4, -0.2) is 18.4 Å². The Bertz CT molecular complexity index is 724. The normalized spacial score (nSPS) is 11.1. The maximum Gasteiger partial charge on any atom is 0.417 e. The Morgan fingerprint density at radius 2 is 1.61 bits per heavy atom. The van der Waals surface area contributed by atoms with Gasteiger partial charge in [0.2, 0.25) is 0 Å². The van der Waals surface area contributed by atoms with Gasteiger partial charge in [0, 0.05) is 10.0 Å². The van der Waals surface area contributed by atoms with Crippen LogP contribution in [0.25, 0.3) is 0 Å². The number of ketones is 1. The van der Waals surface area contributed by atoms with Gasteiger partial charge >= 0.3 is 12.1 Å². The van der Waals surface area contributed by atoms with Crippen molar-refractivity contribution >= 4 is 27.7 Å². The highest BCUT2D eigenvalue weighted by Crippen LogP contribution is 2.32. The predicted octanol–water partition coefficient (Wildman–Crippen LogP) is 4.51. The Hall–Kier alpha value is -2.15. The molecular weight excluding hydrogens is 377 g/mol. The summed E-state index contributed by atoms with van der Waals surface area (Å²) in [4.78, 5) is 23.7. The van der Waals surface area contributed by atoms with Crippen LogP contribution in [0.5, 0.6) is 0 Å². The first-order valence-electron chi connectivity index (χ1n) is 6.41. The molecule has 0 radical (unpaired) electrons. The van der Waals surface area contributed by atoms with Crippen molar-refractivity contribution in [3.8, 4) is 0 Å². The van der Waals surface area contributed by atoms with Crippen molar-refractivity contribution in [1.82, 2.24) is 0 Å². The van der Waals surface area contributed by atoms with Gasteiger partial charge in [-0.1, -0.05) is 40.2 Å². The third kappa shape index (κ3) is 4.41. The molecule has 120 valence electrons. The molecule has 0 N–H and O–H groups in total. The summed E-state index contributed by atoms with van der Waals surface area (Å²) < 4.78 is 44.0. The van der Waals surface area contributed by atoms with E-state index in [2.05, 4.69) is 15.9 Å². The molecule has 0 spiro atoms. The molecule has 0 aliphatic heterocycles. The minimum atomic E-state index is -4.68. The standard InChI is InChI=1S/C16H10BrF3O3/c17-11-7-5-10(6-8-11)14(21)9-23-15(22)12-3-1-2-4-13(12)16(18,19)20/h1-8H,9H2. The zero-order valence-corrected chi connectivity index (χ0v) is 13.1.